The lowest BCUT2D eigenvalue weighted by Crippen LogP contribution is -2.39. The lowest BCUT2D eigenvalue weighted by molar-refractivity contribution is -0.142. The van der Waals surface area contributed by atoms with Crippen molar-refractivity contribution >= 4 is 34.6 Å². The lowest BCUT2D eigenvalue weighted by Gasteiger charge is -2.33. The Kier molecular flexibility index (Phi) is 5.69. The predicted octanol–water partition coefficient (Wildman–Crippen LogP) is 2.34. The topological polar surface area (TPSA) is 43.4 Å². The summed E-state index contributed by atoms with van der Waals surface area (Å²) in [6, 6.07) is 0. The van der Waals surface area contributed by atoms with Crippen molar-refractivity contribution in [1.82, 2.24) is 0 Å². The molecule has 16 heavy (non-hydrogen) atoms. The van der Waals surface area contributed by atoms with Crippen molar-refractivity contribution in [3.63, 3.8) is 0 Å². The van der Waals surface area contributed by atoms with E-state index in [1.54, 1.807) is 18.7 Å². The minimum Gasteiger partial charge on any atom is -0.465 e. The quantitative estimate of drug-likeness (QED) is 0.730. The van der Waals surface area contributed by atoms with Gasteiger partial charge in [-0.2, -0.15) is 0 Å². The monoisotopic (exact) mass is 262 g/mol. The number of carbonyl (C=O) groups is 2. The van der Waals surface area contributed by atoms with Gasteiger partial charge in [-0.05, 0) is 25.0 Å². The van der Waals surface area contributed by atoms with E-state index in [0.717, 1.165) is 12.2 Å². The second kappa shape index (κ2) is 6.55. The van der Waals surface area contributed by atoms with E-state index in [9.17, 15) is 9.59 Å². The Morgan fingerprint density at radius 3 is 2.75 bits per heavy atom. The molecule has 1 heterocycles. The molecular formula is C11H18O3S2. The molecule has 92 valence electrons. The van der Waals surface area contributed by atoms with Crippen LogP contribution in [0.4, 0.5) is 0 Å². The van der Waals surface area contributed by atoms with Gasteiger partial charge in [-0.3, -0.25) is 9.59 Å². The van der Waals surface area contributed by atoms with E-state index < -0.39 is 0 Å². The molecule has 3 nitrogen and oxygen atoms in total. The van der Waals surface area contributed by atoms with Crippen LogP contribution in [0, 0.1) is 5.92 Å². The van der Waals surface area contributed by atoms with Crippen molar-refractivity contribution in [3.8, 4) is 0 Å². The van der Waals surface area contributed by atoms with Crippen LogP contribution in [-0.2, 0) is 14.3 Å². The molecule has 5 heteroatoms. The third-order valence-electron chi connectivity index (χ3n) is 2.55. The molecule has 1 fully saturated rings. The first kappa shape index (κ1) is 13.9. The molecule has 3 unspecified atom stereocenters. The van der Waals surface area contributed by atoms with Gasteiger partial charge in [-0.1, -0.05) is 18.7 Å². The van der Waals surface area contributed by atoms with Gasteiger partial charge in [0, 0.05) is 12.2 Å². The highest BCUT2D eigenvalue weighted by molar-refractivity contribution is 8.15. The van der Waals surface area contributed by atoms with E-state index in [-0.39, 0.29) is 21.6 Å². The van der Waals surface area contributed by atoms with Crippen molar-refractivity contribution in [1.29, 1.82) is 0 Å². The normalized spacial score (nSPS) is 29.8. The number of rotatable bonds is 3. The number of esters is 1. The summed E-state index contributed by atoms with van der Waals surface area (Å²) in [5.74, 6) is 1.20. The lowest BCUT2D eigenvalue weighted by atomic mass is 10.0. The fourth-order valence-electron chi connectivity index (χ4n) is 1.73. The third kappa shape index (κ3) is 3.70. The summed E-state index contributed by atoms with van der Waals surface area (Å²) in [6.45, 7) is 5.87. The van der Waals surface area contributed by atoms with Crippen LogP contribution in [0.25, 0.3) is 0 Å². The second-order valence-corrected chi connectivity index (χ2v) is 6.49. The van der Waals surface area contributed by atoms with Crippen LogP contribution in [0.5, 0.6) is 0 Å². The van der Waals surface area contributed by atoms with Crippen molar-refractivity contribution in [3.05, 3.63) is 0 Å². The molecule has 1 saturated heterocycles. The largest absolute Gasteiger partial charge is 0.465 e. The van der Waals surface area contributed by atoms with Gasteiger partial charge < -0.3 is 4.74 Å². The number of ether oxygens (including phenoxy) is 1. The van der Waals surface area contributed by atoms with Crippen molar-refractivity contribution < 1.29 is 14.3 Å². The molecule has 0 N–H and O–H groups in total. The molecule has 0 aliphatic carbocycles. The van der Waals surface area contributed by atoms with Crippen LogP contribution in [0.15, 0.2) is 0 Å². The molecule has 0 bridgehead atoms. The maximum absolute atomic E-state index is 11.8. The molecule has 1 rings (SSSR count). The zero-order chi connectivity index (χ0) is 12.1. The van der Waals surface area contributed by atoms with E-state index in [4.69, 9.17) is 4.74 Å². The summed E-state index contributed by atoms with van der Waals surface area (Å²) >= 11 is 2.90. The highest BCUT2D eigenvalue weighted by Gasteiger charge is 2.38. The molecule has 0 spiro atoms. The van der Waals surface area contributed by atoms with Gasteiger partial charge in [0.25, 0.3) is 0 Å². The summed E-state index contributed by atoms with van der Waals surface area (Å²) in [7, 11) is 0. The molecular weight excluding hydrogens is 244 g/mol. The maximum atomic E-state index is 11.8. The smallest absolute Gasteiger partial charge is 0.320 e. The van der Waals surface area contributed by atoms with Gasteiger partial charge in [-0.25, -0.2) is 0 Å². The Morgan fingerprint density at radius 1 is 1.50 bits per heavy atom. The summed E-state index contributed by atoms with van der Waals surface area (Å²) in [4.78, 5) is 23.0. The van der Waals surface area contributed by atoms with Crippen LogP contribution < -0.4 is 0 Å². The predicted molar refractivity (Wildman–Crippen MR) is 68.7 cm³/mol. The second-order valence-electron chi connectivity index (χ2n) is 3.88. The van der Waals surface area contributed by atoms with Crippen LogP contribution in [0.3, 0.4) is 0 Å². The Hall–Kier alpha value is -0.160. The Morgan fingerprint density at radius 2 is 2.19 bits per heavy atom. The van der Waals surface area contributed by atoms with Gasteiger partial charge in [0.05, 0.1) is 6.61 Å². The van der Waals surface area contributed by atoms with Crippen LogP contribution in [0.2, 0.25) is 0 Å². The molecule has 0 saturated carbocycles. The maximum Gasteiger partial charge on any atom is 0.320 e. The molecule has 0 radical (unpaired) electrons. The first-order chi connectivity index (χ1) is 7.56. The molecule has 3 atom stereocenters. The molecule has 0 aromatic rings. The molecule has 1 aliphatic heterocycles. The van der Waals surface area contributed by atoms with Gasteiger partial charge in [0.2, 0.25) is 0 Å². The van der Waals surface area contributed by atoms with Crippen molar-refractivity contribution in [2.75, 3.05) is 12.4 Å². The number of hydrogen-bond donors (Lipinski definition) is 0. The number of hydrogen-bond acceptors (Lipinski definition) is 5. The van der Waals surface area contributed by atoms with E-state index in [2.05, 4.69) is 6.92 Å². The minimum atomic E-state index is -0.183. The van der Waals surface area contributed by atoms with Crippen LogP contribution in [0.1, 0.15) is 27.2 Å². The Labute approximate surface area is 105 Å². The standard InChI is InChI=1S/C11H18O3S2/c1-4-14-11(13)10-9(16-8(3)12)7(2)5-6-15-10/h7,9-10H,4-6H2,1-3H3. The van der Waals surface area contributed by atoms with Crippen LogP contribution in [-0.4, -0.2) is 33.9 Å². The summed E-state index contributed by atoms with van der Waals surface area (Å²) in [6.07, 6.45) is 1.06. The molecule has 0 amide bonds. The Bertz CT molecular complexity index is 268. The van der Waals surface area contributed by atoms with Crippen LogP contribution >= 0.6 is 23.5 Å². The highest BCUT2D eigenvalue weighted by Crippen LogP contribution is 2.38. The van der Waals surface area contributed by atoms with E-state index in [1.807, 2.05) is 6.92 Å². The fraction of sp³-hybridized carbons (Fsp3) is 0.818. The summed E-state index contributed by atoms with van der Waals surface area (Å²) in [5, 5.41) is -0.0402. The first-order valence-electron chi connectivity index (χ1n) is 5.51. The fourth-order valence-corrected chi connectivity index (χ4v) is 4.55. The average Bonchev–Trinajstić information content (AvgIpc) is 2.20. The number of thioether (sulfide) groups is 2. The van der Waals surface area contributed by atoms with E-state index >= 15 is 0 Å². The van der Waals surface area contributed by atoms with Gasteiger partial charge in [-0.15, -0.1) is 11.8 Å². The number of carbonyl (C=O) groups excluding carboxylic acids is 2. The minimum absolute atomic E-state index is 0.0651. The average molecular weight is 262 g/mol. The Balaban J connectivity index is 2.69. The van der Waals surface area contributed by atoms with Gasteiger partial charge >= 0.3 is 5.97 Å². The van der Waals surface area contributed by atoms with E-state index in [1.165, 1.54) is 11.8 Å². The molecule has 0 aromatic carbocycles. The molecule has 1 aliphatic rings. The first-order valence-corrected chi connectivity index (χ1v) is 7.44. The van der Waals surface area contributed by atoms with Crippen molar-refractivity contribution in [2.45, 2.75) is 37.7 Å². The summed E-state index contributed by atoms with van der Waals surface area (Å²) < 4.78 is 5.06. The zero-order valence-corrected chi connectivity index (χ0v) is 11.5. The van der Waals surface area contributed by atoms with Gasteiger partial charge in [0.1, 0.15) is 5.25 Å². The van der Waals surface area contributed by atoms with E-state index in [0.29, 0.717) is 12.5 Å². The third-order valence-corrected chi connectivity index (χ3v) is 5.38. The SMILES string of the molecule is CCOC(=O)C1SCCC(C)C1SC(C)=O. The molecule has 0 aromatic heterocycles. The summed E-state index contributed by atoms with van der Waals surface area (Å²) in [5.41, 5.74) is 0. The van der Waals surface area contributed by atoms with Crippen molar-refractivity contribution in [2.24, 2.45) is 5.92 Å². The highest BCUT2D eigenvalue weighted by atomic mass is 32.2. The zero-order valence-electron chi connectivity index (χ0n) is 9.89. The van der Waals surface area contributed by atoms with Gasteiger partial charge in [0.15, 0.2) is 5.12 Å².